The molecule has 0 saturated carbocycles. The molecular formula is C40H32BF8IN6O4. The van der Waals surface area contributed by atoms with Crippen LogP contribution in [0, 0.1) is 62.2 Å². The van der Waals surface area contributed by atoms with Crippen molar-refractivity contribution in [3.8, 4) is 11.1 Å². The summed E-state index contributed by atoms with van der Waals surface area (Å²) >= 11 is 2.17. The Hall–Kier alpha value is -5.35. The molecule has 2 unspecified atom stereocenters. The molecule has 2 N–H and O–H groups in total. The molecule has 0 radical (unpaired) electrons. The van der Waals surface area contributed by atoms with E-state index in [9.17, 15) is 44.7 Å². The van der Waals surface area contributed by atoms with Crippen molar-refractivity contribution in [1.82, 2.24) is 29.5 Å². The lowest BCUT2D eigenvalue weighted by atomic mass is 9.82. The number of nitrogens with zero attached hydrogens (tertiary/aromatic N) is 6. The van der Waals surface area contributed by atoms with Crippen molar-refractivity contribution in [3.63, 3.8) is 0 Å². The van der Waals surface area contributed by atoms with Gasteiger partial charge in [0.25, 0.3) is 0 Å². The maximum absolute atomic E-state index is 13.4. The number of carbonyl (C=O) groups excluding carboxylic acids is 2. The van der Waals surface area contributed by atoms with Gasteiger partial charge in [0, 0.05) is 78.9 Å². The van der Waals surface area contributed by atoms with Crippen LogP contribution in [-0.2, 0) is 48.4 Å². The Bertz CT molecular complexity index is 2460. The van der Waals surface area contributed by atoms with Gasteiger partial charge in [-0.15, -0.1) is 0 Å². The molecule has 0 fully saturated rings. The molecule has 2 atom stereocenters. The van der Waals surface area contributed by atoms with Crippen LogP contribution in [0.2, 0.25) is 0 Å². The first-order valence-corrected chi connectivity index (χ1v) is 19.3. The Labute approximate surface area is 350 Å². The molecule has 10 nitrogen and oxygen atoms in total. The number of ketones is 2. The van der Waals surface area contributed by atoms with Crippen LogP contribution in [0.4, 0.5) is 35.1 Å². The van der Waals surface area contributed by atoms with Crippen LogP contribution in [0.25, 0.3) is 11.1 Å². The minimum atomic E-state index is -1.58. The first kappa shape index (κ1) is 44.2. The first-order chi connectivity index (χ1) is 28.6. The Morgan fingerprint density at radius 3 is 1.58 bits per heavy atom. The second-order valence-corrected chi connectivity index (χ2v) is 15.1. The standard InChI is InChI=1S/C20H15F4N3O.C15H12F3IN2O.C5H5BFNO2/c21-15-5-11(6-16(22)20(15)24)7-18(28)12-3-4-27-17(8-12)14(10-26-27)13-1-2-19(23)25-9-13;16-10-3-8(4-11(17)15(10)18)5-14(22)9-1-2-21-13(6-9)12(19)7-20-21;7-5-2-1-4(3-8-5)6(9)10/h1-2,5-6,9-10,12H,3-4,7-8H2;3-4,7,9H,1-2,5-6H2;1-3,9-10H. The van der Waals surface area contributed by atoms with E-state index < -0.39 is 53.9 Å². The molecule has 60 heavy (non-hydrogen) atoms. The van der Waals surface area contributed by atoms with E-state index in [4.69, 9.17) is 10.0 Å². The van der Waals surface area contributed by atoms with E-state index in [1.165, 1.54) is 18.3 Å². The third-order valence-electron chi connectivity index (χ3n) is 9.95. The third-order valence-corrected chi connectivity index (χ3v) is 10.8. The molecule has 20 heteroatoms. The number of rotatable bonds is 8. The van der Waals surface area contributed by atoms with Gasteiger partial charge in [-0.2, -0.15) is 19.0 Å². The van der Waals surface area contributed by atoms with Crippen molar-refractivity contribution < 1.29 is 54.8 Å². The number of carbonyl (C=O) groups is 2. The highest BCUT2D eigenvalue weighted by molar-refractivity contribution is 14.1. The van der Waals surface area contributed by atoms with E-state index in [1.54, 1.807) is 23.1 Å². The van der Waals surface area contributed by atoms with E-state index in [0.717, 1.165) is 57.1 Å². The smallest absolute Gasteiger partial charge is 0.423 e. The molecule has 6 heterocycles. The number of hydrogen-bond acceptors (Lipinski definition) is 8. The highest BCUT2D eigenvalue weighted by Gasteiger charge is 2.29. The van der Waals surface area contributed by atoms with Crippen molar-refractivity contribution in [2.75, 3.05) is 0 Å². The molecule has 0 bridgehead atoms. The zero-order valence-corrected chi connectivity index (χ0v) is 33.3. The summed E-state index contributed by atoms with van der Waals surface area (Å²) in [5.41, 5.74) is 3.75. The van der Waals surface area contributed by atoms with Crippen LogP contribution >= 0.6 is 22.6 Å². The zero-order chi connectivity index (χ0) is 43.2. The zero-order valence-electron chi connectivity index (χ0n) is 31.1. The lowest BCUT2D eigenvalue weighted by Crippen LogP contribution is -2.30. The van der Waals surface area contributed by atoms with Crippen LogP contribution in [0.1, 0.15) is 35.4 Å². The van der Waals surface area contributed by atoms with Crippen molar-refractivity contribution in [2.24, 2.45) is 11.8 Å². The second-order valence-electron chi connectivity index (χ2n) is 14.0. The number of halogens is 9. The van der Waals surface area contributed by atoms with Gasteiger partial charge in [0.2, 0.25) is 11.9 Å². The summed E-state index contributed by atoms with van der Waals surface area (Å²) < 4.78 is 109. The Morgan fingerprint density at radius 2 is 1.12 bits per heavy atom. The SMILES string of the molecule is O=C(Cc1cc(F)c(F)c(F)c1)C1CCn2ncc(-c3ccc(F)nc3)c2C1.O=C(Cc1cc(F)c(F)c(F)c1)C1CCn2ncc(I)c2C1.OB(O)c1ccc(F)nc1. The number of Topliss-reactive ketones (excluding diaryl/α,β-unsaturated/α-hetero) is 2. The minimum absolute atomic E-state index is 0.0892. The number of aryl methyl sites for hydroxylation is 2. The fourth-order valence-corrected chi connectivity index (χ4v) is 7.43. The molecular weight excluding hydrogens is 918 g/mol. The fraction of sp³-hybridized carbons (Fsp3) is 0.250. The molecule has 4 aromatic heterocycles. The van der Waals surface area contributed by atoms with E-state index in [0.29, 0.717) is 44.3 Å². The van der Waals surface area contributed by atoms with Gasteiger partial charge in [0.1, 0.15) is 11.6 Å². The van der Waals surface area contributed by atoms with Crippen LogP contribution in [0.5, 0.6) is 0 Å². The van der Waals surface area contributed by atoms with Gasteiger partial charge in [-0.05, 0) is 95.4 Å². The Kier molecular flexibility index (Phi) is 14.3. The van der Waals surface area contributed by atoms with E-state index in [1.807, 2.05) is 4.68 Å². The molecule has 312 valence electrons. The molecule has 2 aliphatic heterocycles. The van der Waals surface area contributed by atoms with Gasteiger partial charge in [-0.25, -0.2) is 36.3 Å². The summed E-state index contributed by atoms with van der Waals surface area (Å²) in [5, 5.41) is 25.5. The number of fused-ring (bicyclic) bond motifs is 2. The molecule has 0 spiro atoms. The molecule has 0 aliphatic carbocycles. The van der Waals surface area contributed by atoms with Gasteiger partial charge < -0.3 is 10.0 Å². The van der Waals surface area contributed by atoms with Gasteiger partial charge in [-0.1, -0.05) is 6.07 Å². The topological polar surface area (TPSA) is 136 Å². The Balaban J connectivity index is 0.000000167. The molecule has 8 rings (SSSR count). The van der Waals surface area contributed by atoms with Crippen LogP contribution in [-0.4, -0.2) is 58.3 Å². The summed E-state index contributed by atoms with van der Waals surface area (Å²) in [6, 6.07) is 8.62. The summed E-state index contributed by atoms with van der Waals surface area (Å²) in [6.45, 7) is 1.17. The second kappa shape index (κ2) is 19.4. The number of benzene rings is 2. The lowest BCUT2D eigenvalue weighted by molar-refractivity contribution is -0.123. The average molecular weight is 950 g/mol. The van der Waals surface area contributed by atoms with Gasteiger partial charge in [-0.3, -0.25) is 19.0 Å². The summed E-state index contributed by atoms with van der Waals surface area (Å²) in [4.78, 5) is 31.9. The maximum Gasteiger partial charge on any atom is 0.490 e. The monoisotopic (exact) mass is 950 g/mol. The predicted molar refractivity (Wildman–Crippen MR) is 208 cm³/mol. The van der Waals surface area contributed by atoms with Gasteiger partial charge in [0.05, 0.1) is 21.7 Å². The van der Waals surface area contributed by atoms with E-state index in [-0.39, 0.29) is 52.8 Å². The van der Waals surface area contributed by atoms with Crippen LogP contribution < -0.4 is 5.46 Å². The predicted octanol–water partition coefficient (Wildman–Crippen LogP) is 6.06. The summed E-state index contributed by atoms with van der Waals surface area (Å²) in [5.74, 6) is -10.2. The maximum atomic E-state index is 13.4. The first-order valence-electron chi connectivity index (χ1n) is 18.2. The molecule has 0 saturated heterocycles. The lowest BCUT2D eigenvalue weighted by Gasteiger charge is -2.23. The van der Waals surface area contributed by atoms with Crippen LogP contribution in [0.3, 0.4) is 0 Å². The van der Waals surface area contributed by atoms with Crippen molar-refractivity contribution >= 4 is 46.7 Å². The normalized spacial score (nSPS) is 15.4. The summed E-state index contributed by atoms with van der Waals surface area (Å²) in [6.07, 6.45) is 7.78. The molecule has 2 aromatic carbocycles. The Morgan fingerprint density at radius 1 is 0.650 bits per heavy atom. The van der Waals surface area contributed by atoms with Crippen molar-refractivity contribution in [3.05, 3.63) is 146 Å². The van der Waals surface area contributed by atoms with E-state index >= 15 is 0 Å². The molecule has 2 aliphatic rings. The number of hydrogen-bond donors (Lipinski definition) is 2. The van der Waals surface area contributed by atoms with Crippen molar-refractivity contribution in [1.29, 1.82) is 0 Å². The van der Waals surface area contributed by atoms with Crippen LogP contribution in [0.15, 0.2) is 73.3 Å². The van der Waals surface area contributed by atoms with E-state index in [2.05, 4.69) is 42.8 Å². The summed E-state index contributed by atoms with van der Waals surface area (Å²) in [7, 11) is -1.58. The molecule has 6 aromatic rings. The largest absolute Gasteiger partial charge is 0.490 e. The van der Waals surface area contributed by atoms with Gasteiger partial charge >= 0.3 is 7.12 Å². The fourth-order valence-electron chi connectivity index (χ4n) is 6.81. The number of pyridine rings is 2. The van der Waals surface area contributed by atoms with Gasteiger partial charge in [0.15, 0.2) is 34.9 Å². The van der Waals surface area contributed by atoms with Crippen molar-refractivity contribution in [2.45, 2.75) is 51.6 Å². The minimum Gasteiger partial charge on any atom is -0.423 e. The molecule has 0 amide bonds. The number of aromatic nitrogens is 6. The quantitative estimate of drug-likeness (QED) is 0.0619. The highest BCUT2D eigenvalue weighted by atomic mass is 127. The highest BCUT2D eigenvalue weighted by Crippen LogP contribution is 2.31. The average Bonchev–Trinajstić information content (AvgIpc) is 3.82. The third kappa shape index (κ3) is 10.7.